The second kappa shape index (κ2) is 9.92. The maximum absolute atomic E-state index is 13.3. The first-order valence-electron chi connectivity index (χ1n) is 10.6. The molecule has 168 valence electrons. The monoisotopic (exact) mass is 459 g/mol. The lowest BCUT2D eigenvalue weighted by Crippen LogP contribution is -2.25. The van der Waals surface area contributed by atoms with Crippen molar-refractivity contribution in [3.63, 3.8) is 0 Å². The number of hydrogen-bond donors (Lipinski definition) is 1. The van der Waals surface area contributed by atoms with Gasteiger partial charge in [0.1, 0.15) is 5.75 Å². The van der Waals surface area contributed by atoms with Crippen LogP contribution in [0.15, 0.2) is 76.7 Å². The third-order valence-corrected chi connectivity index (χ3v) is 6.43. The lowest BCUT2D eigenvalue weighted by Gasteiger charge is -2.14. The first kappa shape index (κ1) is 22.6. The lowest BCUT2D eigenvalue weighted by molar-refractivity contribution is -0.113. The molecule has 1 N–H and O–H groups in total. The summed E-state index contributed by atoms with van der Waals surface area (Å²) >= 11 is 1.25. The zero-order chi connectivity index (χ0) is 23.4. The van der Waals surface area contributed by atoms with E-state index in [9.17, 15) is 9.59 Å². The van der Waals surface area contributed by atoms with Gasteiger partial charge in [0.05, 0.1) is 30.3 Å². The summed E-state index contributed by atoms with van der Waals surface area (Å²) < 4.78 is 6.85. The molecule has 0 atom stereocenters. The molecule has 0 radical (unpaired) electrons. The van der Waals surface area contributed by atoms with Crippen molar-refractivity contribution in [2.75, 3.05) is 18.2 Å². The Morgan fingerprint density at radius 3 is 2.52 bits per heavy atom. The Hall–Kier alpha value is -3.58. The summed E-state index contributed by atoms with van der Waals surface area (Å²) in [4.78, 5) is 30.6. The minimum absolute atomic E-state index is 0.131. The highest BCUT2D eigenvalue weighted by Crippen LogP contribution is 2.21. The molecule has 4 aromatic rings. The summed E-state index contributed by atoms with van der Waals surface area (Å²) in [6.07, 6.45) is 0. The van der Waals surface area contributed by atoms with Gasteiger partial charge < -0.3 is 10.1 Å². The number of carbonyl (C=O) groups is 1. The van der Waals surface area contributed by atoms with E-state index in [1.165, 1.54) is 17.3 Å². The van der Waals surface area contributed by atoms with Gasteiger partial charge >= 0.3 is 0 Å². The van der Waals surface area contributed by atoms with Crippen LogP contribution in [0.1, 0.15) is 16.7 Å². The number of amides is 1. The summed E-state index contributed by atoms with van der Waals surface area (Å²) in [5.74, 6) is 0.738. The average Bonchev–Trinajstić information content (AvgIpc) is 2.82. The standard InChI is InChI=1S/C26H25N3O3S/c1-17-8-11-20(14-18(17)2)27-24(30)16-33-26-28-23-7-5-4-6-22(23)25(31)29(26)15-19-9-12-21(32-3)13-10-19/h4-14H,15-16H2,1-3H3,(H,27,30). The number of para-hydroxylation sites is 1. The van der Waals surface area contributed by atoms with Crippen molar-refractivity contribution in [2.24, 2.45) is 0 Å². The molecule has 4 rings (SSSR count). The van der Waals surface area contributed by atoms with Gasteiger partial charge in [-0.3, -0.25) is 14.2 Å². The molecule has 33 heavy (non-hydrogen) atoms. The summed E-state index contributed by atoms with van der Waals surface area (Å²) in [7, 11) is 1.62. The van der Waals surface area contributed by atoms with Crippen molar-refractivity contribution < 1.29 is 9.53 Å². The molecule has 0 fully saturated rings. The van der Waals surface area contributed by atoms with Gasteiger partial charge in [0, 0.05) is 5.69 Å². The van der Waals surface area contributed by atoms with E-state index in [1.54, 1.807) is 17.7 Å². The Balaban J connectivity index is 1.59. The molecule has 7 heteroatoms. The predicted molar refractivity (Wildman–Crippen MR) is 133 cm³/mol. The van der Waals surface area contributed by atoms with Crippen LogP contribution in [-0.2, 0) is 11.3 Å². The molecule has 0 unspecified atom stereocenters. The van der Waals surface area contributed by atoms with Crippen molar-refractivity contribution >= 4 is 34.3 Å². The lowest BCUT2D eigenvalue weighted by atomic mass is 10.1. The van der Waals surface area contributed by atoms with Gasteiger partial charge in [0.25, 0.3) is 5.56 Å². The maximum Gasteiger partial charge on any atom is 0.262 e. The van der Waals surface area contributed by atoms with Crippen LogP contribution in [0.25, 0.3) is 10.9 Å². The quantitative estimate of drug-likeness (QED) is 0.317. The Bertz CT molecular complexity index is 1360. The first-order chi connectivity index (χ1) is 15.9. The Morgan fingerprint density at radius 1 is 1.03 bits per heavy atom. The normalized spacial score (nSPS) is 10.9. The fourth-order valence-corrected chi connectivity index (χ4v) is 4.26. The maximum atomic E-state index is 13.3. The number of fused-ring (bicyclic) bond motifs is 1. The van der Waals surface area contributed by atoms with Crippen LogP contribution in [0, 0.1) is 13.8 Å². The average molecular weight is 460 g/mol. The molecular weight excluding hydrogens is 434 g/mol. The number of aryl methyl sites for hydroxylation is 2. The van der Waals surface area contributed by atoms with Gasteiger partial charge in [-0.15, -0.1) is 0 Å². The minimum Gasteiger partial charge on any atom is -0.497 e. The van der Waals surface area contributed by atoms with Gasteiger partial charge in [0.15, 0.2) is 5.16 Å². The smallest absolute Gasteiger partial charge is 0.262 e. The van der Waals surface area contributed by atoms with E-state index in [2.05, 4.69) is 5.32 Å². The third kappa shape index (κ3) is 5.26. The Labute approximate surface area is 196 Å². The molecule has 3 aromatic carbocycles. The number of nitrogens with one attached hydrogen (secondary N) is 1. The SMILES string of the molecule is COc1ccc(Cn2c(SCC(=O)Nc3ccc(C)c(C)c3)nc3ccccc3c2=O)cc1. The van der Waals surface area contributed by atoms with Crippen LogP contribution in [0.5, 0.6) is 5.75 Å². The number of aromatic nitrogens is 2. The molecule has 6 nitrogen and oxygen atoms in total. The highest BCUT2D eigenvalue weighted by molar-refractivity contribution is 7.99. The van der Waals surface area contributed by atoms with Gasteiger partial charge in [-0.05, 0) is 66.9 Å². The predicted octanol–water partition coefficient (Wildman–Crippen LogP) is 4.80. The number of thioether (sulfide) groups is 1. The van der Waals surface area contributed by atoms with E-state index in [4.69, 9.17) is 9.72 Å². The van der Waals surface area contributed by atoms with E-state index >= 15 is 0 Å². The van der Waals surface area contributed by atoms with Crippen molar-refractivity contribution in [1.82, 2.24) is 9.55 Å². The topological polar surface area (TPSA) is 73.2 Å². The molecule has 1 heterocycles. The van der Waals surface area contributed by atoms with E-state index < -0.39 is 0 Å². The van der Waals surface area contributed by atoms with Crippen LogP contribution in [0.4, 0.5) is 5.69 Å². The molecule has 0 bridgehead atoms. The van der Waals surface area contributed by atoms with Crippen molar-refractivity contribution in [3.05, 3.63) is 93.8 Å². The molecule has 0 aliphatic carbocycles. The van der Waals surface area contributed by atoms with E-state index in [0.29, 0.717) is 22.6 Å². The third-order valence-electron chi connectivity index (χ3n) is 5.45. The van der Waals surface area contributed by atoms with Crippen molar-refractivity contribution in [2.45, 2.75) is 25.5 Å². The van der Waals surface area contributed by atoms with Crippen molar-refractivity contribution in [1.29, 1.82) is 0 Å². The number of carbonyl (C=O) groups excluding carboxylic acids is 1. The summed E-state index contributed by atoms with van der Waals surface area (Å²) in [5, 5.41) is 3.98. The van der Waals surface area contributed by atoms with Crippen LogP contribution in [0.2, 0.25) is 0 Å². The van der Waals surface area contributed by atoms with Crippen LogP contribution >= 0.6 is 11.8 Å². The molecule has 0 saturated heterocycles. The first-order valence-corrected chi connectivity index (χ1v) is 11.6. The highest BCUT2D eigenvalue weighted by Gasteiger charge is 2.14. The number of rotatable bonds is 7. The number of ether oxygens (including phenoxy) is 1. The number of hydrogen-bond acceptors (Lipinski definition) is 5. The molecule has 0 saturated carbocycles. The number of benzene rings is 3. The number of nitrogens with zero attached hydrogens (tertiary/aromatic N) is 2. The van der Waals surface area contributed by atoms with Gasteiger partial charge in [-0.25, -0.2) is 4.98 Å². The molecule has 1 aromatic heterocycles. The summed E-state index contributed by atoms with van der Waals surface area (Å²) in [6.45, 7) is 4.39. The fraction of sp³-hybridized carbons (Fsp3) is 0.192. The van der Waals surface area contributed by atoms with E-state index in [-0.39, 0.29) is 17.2 Å². The number of methoxy groups -OCH3 is 1. The highest BCUT2D eigenvalue weighted by atomic mass is 32.2. The molecular formula is C26H25N3O3S. The fourth-order valence-electron chi connectivity index (χ4n) is 3.46. The van der Waals surface area contributed by atoms with Gasteiger partial charge in [-0.1, -0.05) is 42.1 Å². The van der Waals surface area contributed by atoms with Crippen LogP contribution < -0.4 is 15.6 Å². The van der Waals surface area contributed by atoms with Crippen molar-refractivity contribution in [3.8, 4) is 5.75 Å². The molecule has 0 aliphatic heterocycles. The molecule has 0 spiro atoms. The summed E-state index contributed by atoms with van der Waals surface area (Å²) in [5.41, 5.74) is 4.47. The molecule has 0 aliphatic rings. The summed E-state index contributed by atoms with van der Waals surface area (Å²) in [6, 6.07) is 20.6. The Morgan fingerprint density at radius 2 is 1.79 bits per heavy atom. The minimum atomic E-state index is -0.151. The zero-order valence-corrected chi connectivity index (χ0v) is 19.6. The largest absolute Gasteiger partial charge is 0.497 e. The van der Waals surface area contributed by atoms with Gasteiger partial charge in [-0.2, -0.15) is 0 Å². The van der Waals surface area contributed by atoms with E-state index in [0.717, 1.165) is 22.6 Å². The Kier molecular flexibility index (Phi) is 6.79. The van der Waals surface area contributed by atoms with Crippen LogP contribution in [0.3, 0.4) is 0 Å². The van der Waals surface area contributed by atoms with Gasteiger partial charge in [0.2, 0.25) is 5.91 Å². The zero-order valence-electron chi connectivity index (χ0n) is 18.8. The van der Waals surface area contributed by atoms with Crippen LogP contribution in [-0.4, -0.2) is 28.3 Å². The second-order valence-corrected chi connectivity index (χ2v) is 8.73. The molecule has 1 amide bonds. The van der Waals surface area contributed by atoms with E-state index in [1.807, 2.05) is 74.5 Å². The number of anilines is 1. The second-order valence-electron chi connectivity index (χ2n) is 7.79.